The summed E-state index contributed by atoms with van der Waals surface area (Å²) in [7, 11) is 0. The Hall–Kier alpha value is -2.77. The van der Waals surface area contributed by atoms with Gasteiger partial charge in [-0.3, -0.25) is 20.0 Å². The summed E-state index contributed by atoms with van der Waals surface area (Å²) in [4.78, 5) is 22.1. The fourth-order valence-corrected chi connectivity index (χ4v) is 1.70. The lowest BCUT2D eigenvalue weighted by Gasteiger charge is -2.12. The maximum absolute atomic E-state index is 13.0. The summed E-state index contributed by atoms with van der Waals surface area (Å²) in [5, 5.41) is 19.8. The standard InChI is InChI=1S/C12H11FN4O3/c1-7(8-5-14-15-6-8)16-12(18)10-3-2-9(13)4-11(10)17(19)20/h2-7H,1H3,(H,14,15)(H,16,18). The first kappa shape index (κ1) is 13.7. The molecule has 104 valence electrons. The number of hydrogen-bond donors (Lipinski definition) is 2. The highest BCUT2D eigenvalue weighted by molar-refractivity contribution is 5.98. The van der Waals surface area contributed by atoms with E-state index in [4.69, 9.17) is 0 Å². The molecule has 1 aromatic heterocycles. The van der Waals surface area contributed by atoms with E-state index < -0.39 is 22.3 Å². The Kier molecular flexibility index (Phi) is 3.74. The quantitative estimate of drug-likeness (QED) is 0.659. The molecule has 1 atom stereocenters. The van der Waals surface area contributed by atoms with Crippen LogP contribution in [0.15, 0.2) is 30.6 Å². The number of nitrogens with zero attached hydrogens (tertiary/aromatic N) is 2. The molecule has 2 aromatic rings. The number of amides is 1. The van der Waals surface area contributed by atoms with E-state index in [1.54, 1.807) is 13.1 Å². The molecule has 1 amide bonds. The van der Waals surface area contributed by atoms with E-state index in [0.29, 0.717) is 0 Å². The van der Waals surface area contributed by atoms with Crippen LogP contribution in [0.5, 0.6) is 0 Å². The molecule has 1 unspecified atom stereocenters. The minimum atomic E-state index is -0.791. The molecule has 0 fully saturated rings. The number of nitro groups is 1. The van der Waals surface area contributed by atoms with Crippen LogP contribution in [0.1, 0.15) is 28.9 Å². The normalized spacial score (nSPS) is 11.9. The zero-order valence-electron chi connectivity index (χ0n) is 10.5. The molecule has 0 radical (unpaired) electrons. The first-order valence-electron chi connectivity index (χ1n) is 5.72. The van der Waals surface area contributed by atoms with Gasteiger partial charge in [-0.05, 0) is 19.1 Å². The first-order chi connectivity index (χ1) is 9.49. The molecule has 0 saturated heterocycles. The number of carbonyl (C=O) groups excluding carboxylic acids is 1. The number of carbonyl (C=O) groups is 1. The number of hydrogen-bond acceptors (Lipinski definition) is 4. The van der Waals surface area contributed by atoms with Crippen LogP contribution in [-0.4, -0.2) is 21.0 Å². The molecule has 2 rings (SSSR count). The highest BCUT2D eigenvalue weighted by atomic mass is 19.1. The number of H-pyrrole nitrogens is 1. The van der Waals surface area contributed by atoms with E-state index in [1.165, 1.54) is 6.20 Å². The third-order valence-electron chi connectivity index (χ3n) is 2.77. The van der Waals surface area contributed by atoms with Crippen molar-refractivity contribution in [3.05, 3.63) is 57.7 Å². The maximum Gasteiger partial charge on any atom is 0.285 e. The van der Waals surface area contributed by atoms with Crippen molar-refractivity contribution in [1.29, 1.82) is 0 Å². The van der Waals surface area contributed by atoms with Crippen molar-refractivity contribution in [2.45, 2.75) is 13.0 Å². The minimum absolute atomic E-state index is 0.188. The molecule has 0 aliphatic rings. The van der Waals surface area contributed by atoms with Gasteiger partial charge in [0.1, 0.15) is 11.4 Å². The van der Waals surface area contributed by atoms with Crippen molar-refractivity contribution >= 4 is 11.6 Å². The third kappa shape index (κ3) is 2.79. The molecule has 2 N–H and O–H groups in total. The van der Waals surface area contributed by atoms with Crippen molar-refractivity contribution in [1.82, 2.24) is 15.5 Å². The number of aromatic amines is 1. The summed E-state index contributed by atoms with van der Waals surface area (Å²) in [6.07, 6.45) is 3.13. The Balaban J connectivity index is 2.23. The lowest BCUT2D eigenvalue weighted by atomic mass is 10.1. The molecular weight excluding hydrogens is 267 g/mol. The van der Waals surface area contributed by atoms with Gasteiger partial charge in [0.05, 0.1) is 23.2 Å². The largest absolute Gasteiger partial charge is 0.345 e. The van der Waals surface area contributed by atoms with Crippen molar-refractivity contribution < 1.29 is 14.1 Å². The van der Waals surface area contributed by atoms with Gasteiger partial charge in [-0.25, -0.2) is 4.39 Å². The SMILES string of the molecule is CC(NC(=O)c1ccc(F)cc1[N+](=O)[O-])c1cn[nH]c1. The molecule has 0 spiro atoms. The summed E-state index contributed by atoms with van der Waals surface area (Å²) >= 11 is 0. The molecule has 8 heteroatoms. The molecule has 1 heterocycles. The lowest BCUT2D eigenvalue weighted by Crippen LogP contribution is -2.27. The molecule has 0 aliphatic heterocycles. The highest BCUT2D eigenvalue weighted by Crippen LogP contribution is 2.21. The minimum Gasteiger partial charge on any atom is -0.345 e. The van der Waals surface area contributed by atoms with Gasteiger partial charge in [-0.1, -0.05) is 0 Å². The molecule has 1 aromatic carbocycles. The number of aromatic nitrogens is 2. The fraction of sp³-hybridized carbons (Fsp3) is 0.167. The van der Waals surface area contributed by atoms with E-state index in [0.717, 1.165) is 23.8 Å². The Bertz CT molecular complexity index is 642. The van der Waals surface area contributed by atoms with Crippen LogP contribution in [0.2, 0.25) is 0 Å². The summed E-state index contributed by atoms with van der Waals surface area (Å²) in [6.45, 7) is 1.71. The van der Waals surface area contributed by atoms with Gasteiger partial charge in [0.2, 0.25) is 0 Å². The molecule has 7 nitrogen and oxygen atoms in total. The second kappa shape index (κ2) is 5.47. The second-order valence-electron chi connectivity index (χ2n) is 4.15. The van der Waals surface area contributed by atoms with Crippen molar-refractivity contribution in [3.63, 3.8) is 0 Å². The molecule has 0 saturated carbocycles. The van der Waals surface area contributed by atoms with E-state index in [1.807, 2.05) is 0 Å². The summed E-state index contributed by atoms with van der Waals surface area (Å²) in [5.74, 6) is -1.42. The smallest absolute Gasteiger partial charge is 0.285 e. The predicted molar refractivity (Wildman–Crippen MR) is 67.5 cm³/mol. The van der Waals surface area contributed by atoms with E-state index >= 15 is 0 Å². The van der Waals surface area contributed by atoms with Crippen LogP contribution in [0, 0.1) is 15.9 Å². The monoisotopic (exact) mass is 278 g/mol. The van der Waals surface area contributed by atoms with Crippen LogP contribution >= 0.6 is 0 Å². The Morgan fingerprint density at radius 1 is 1.55 bits per heavy atom. The van der Waals surface area contributed by atoms with Crippen LogP contribution in [0.25, 0.3) is 0 Å². The predicted octanol–water partition coefficient (Wildman–Crippen LogP) is 1.95. The van der Waals surface area contributed by atoms with Crippen molar-refractivity contribution in [2.24, 2.45) is 0 Å². The zero-order chi connectivity index (χ0) is 14.7. The van der Waals surface area contributed by atoms with Gasteiger partial charge in [0, 0.05) is 11.8 Å². The van der Waals surface area contributed by atoms with E-state index in [-0.39, 0.29) is 11.6 Å². The summed E-state index contributed by atoms with van der Waals surface area (Å²) in [5.41, 5.74) is -0.0308. The zero-order valence-corrected chi connectivity index (χ0v) is 10.5. The second-order valence-corrected chi connectivity index (χ2v) is 4.15. The molecular formula is C12H11FN4O3. The number of nitrogens with one attached hydrogen (secondary N) is 2. The number of halogens is 1. The van der Waals surface area contributed by atoms with Crippen molar-refractivity contribution in [3.8, 4) is 0 Å². The third-order valence-corrected chi connectivity index (χ3v) is 2.77. The van der Waals surface area contributed by atoms with Crippen LogP contribution in [-0.2, 0) is 0 Å². The van der Waals surface area contributed by atoms with E-state index in [2.05, 4.69) is 15.5 Å². The van der Waals surface area contributed by atoms with Crippen LogP contribution in [0.4, 0.5) is 10.1 Å². The number of rotatable bonds is 4. The lowest BCUT2D eigenvalue weighted by molar-refractivity contribution is -0.385. The van der Waals surface area contributed by atoms with Gasteiger partial charge in [0.25, 0.3) is 11.6 Å². The number of nitro benzene ring substituents is 1. The molecule has 20 heavy (non-hydrogen) atoms. The van der Waals surface area contributed by atoms with Crippen LogP contribution < -0.4 is 5.32 Å². The number of benzene rings is 1. The maximum atomic E-state index is 13.0. The van der Waals surface area contributed by atoms with Gasteiger partial charge in [0.15, 0.2) is 0 Å². The molecule has 0 aliphatic carbocycles. The Morgan fingerprint density at radius 2 is 2.30 bits per heavy atom. The molecule has 0 bridgehead atoms. The van der Waals surface area contributed by atoms with Gasteiger partial charge in [-0.15, -0.1) is 0 Å². The first-order valence-corrected chi connectivity index (χ1v) is 5.72. The Morgan fingerprint density at radius 3 is 2.90 bits per heavy atom. The van der Waals surface area contributed by atoms with Crippen molar-refractivity contribution in [2.75, 3.05) is 0 Å². The Labute approximate surface area is 113 Å². The van der Waals surface area contributed by atoms with Crippen LogP contribution in [0.3, 0.4) is 0 Å². The van der Waals surface area contributed by atoms with Gasteiger partial charge < -0.3 is 5.32 Å². The van der Waals surface area contributed by atoms with Gasteiger partial charge >= 0.3 is 0 Å². The topological polar surface area (TPSA) is 101 Å². The van der Waals surface area contributed by atoms with E-state index in [9.17, 15) is 19.3 Å². The summed E-state index contributed by atoms with van der Waals surface area (Å²) in [6, 6.07) is 2.43. The average molecular weight is 278 g/mol. The van der Waals surface area contributed by atoms with Gasteiger partial charge in [-0.2, -0.15) is 5.10 Å². The fourth-order valence-electron chi connectivity index (χ4n) is 1.70. The summed E-state index contributed by atoms with van der Waals surface area (Å²) < 4.78 is 13.0. The highest BCUT2D eigenvalue weighted by Gasteiger charge is 2.22. The average Bonchev–Trinajstić information content (AvgIpc) is 2.92.